The molecule has 176 valence electrons. The van der Waals surface area contributed by atoms with Crippen molar-refractivity contribution in [3.63, 3.8) is 0 Å². The number of carboxylic acids is 1. The summed E-state index contributed by atoms with van der Waals surface area (Å²) in [6, 6.07) is 19.9. The van der Waals surface area contributed by atoms with Crippen molar-refractivity contribution < 1.29 is 14.7 Å². The van der Waals surface area contributed by atoms with Gasteiger partial charge in [0, 0.05) is 5.70 Å². The second-order valence-electron chi connectivity index (χ2n) is 7.84. The molecule has 4 heteroatoms. The fourth-order valence-corrected chi connectivity index (χ4v) is 3.67. The summed E-state index contributed by atoms with van der Waals surface area (Å²) < 4.78 is 0. The molecule has 1 aliphatic rings. The van der Waals surface area contributed by atoms with Gasteiger partial charge in [-0.05, 0) is 60.4 Å². The van der Waals surface area contributed by atoms with Gasteiger partial charge in [-0.1, -0.05) is 97.8 Å². The predicted molar refractivity (Wildman–Crippen MR) is 142 cm³/mol. The summed E-state index contributed by atoms with van der Waals surface area (Å²) in [6.07, 6.45) is 8.39. The van der Waals surface area contributed by atoms with Gasteiger partial charge < -0.3 is 10.4 Å². The monoisotopic (exact) mass is 455 g/mol. The molecular weight excluding hydrogens is 422 g/mol. The lowest BCUT2D eigenvalue weighted by Gasteiger charge is -2.11. The molecule has 0 saturated heterocycles. The summed E-state index contributed by atoms with van der Waals surface area (Å²) in [7, 11) is 0. The Hall–Kier alpha value is -3.92. The quantitative estimate of drug-likeness (QED) is 0.421. The van der Waals surface area contributed by atoms with Crippen LogP contribution in [0.15, 0.2) is 90.7 Å². The molecule has 0 bridgehead atoms. The van der Waals surface area contributed by atoms with Crippen molar-refractivity contribution in [3.8, 4) is 11.1 Å². The minimum absolute atomic E-state index is 0.547. The van der Waals surface area contributed by atoms with Gasteiger partial charge in [-0.15, -0.1) is 0 Å². The summed E-state index contributed by atoms with van der Waals surface area (Å²) >= 11 is 0. The van der Waals surface area contributed by atoms with Crippen LogP contribution < -0.4 is 5.32 Å². The zero-order valence-corrected chi connectivity index (χ0v) is 20.5. The maximum absolute atomic E-state index is 10.6. The zero-order valence-electron chi connectivity index (χ0n) is 20.5. The number of nitrogens with one attached hydrogen (secondary N) is 1. The highest BCUT2D eigenvalue weighted by Crippen LogP contribution is 2.31. The minimum atomic E-state index is -0.909. The third kappa shape index (κ3) is 7.04. The second-order valence-corrected chi connectivity index (χ2v) is 7.84. The van der Waals surface area contributed by atoms with Crippen LogP contribution in [0.4, 0.5) is 0 Å². The van der Waals surface area contributed by atoms with Gasteiger partial charge in [0.15, 0.2) is 0 Å². The Morgan fingerprint density at radius 3 is 2.29 bits per heavy atom. The Balaban J connectivity index is 0.000000239. The first kappa shape index (κ1) is 26.3. The Morgan fingerprint density at radius 2 is 1.62 bits per heavy atom. The van der Waals surface area contributed by atoms with E-state index in [0.717, 1.165) is 0 Å². The predicted octanol–water partition coefficient (Wildman–Crippen LogP) is 6.90. The number of rotatable bonds is 4. The van der Waals surface area contributed by atoms with Crippen molar-refractivity contribution in [3.05, 3.63) is 107 Å². The third-order valence-electron chi connectivity index (χ3n) is 5.30. The van der Waals surface area contributed by atoms with E-state index in [1.807, 2.05) is 13.8 Å². The number of aliphatic carboxylic acids is 1. The van der Waals surface area contributed by atoms with Gasteiger partial charge in [0.2, 0.25) is 6.41 Å². The molecule has 34 heavy (non-hydrogen) atoms. The molecule has 0 aliphatic heterocycles. The molecule has 0 heterocycles. The first-order chi connectivity index (χ1) is 16.4. The first-order valence-corrected chi connectivity index (χ1v) is 11.5. The third-order valence-corrected chi connectivity index (χ3v) is 5.30. The molecule has 2 N–H and O–H groups in total. The molecule has 1 aliphatic carbocycles. The lowest BCUT2D eigenvalue weighted by Crippen LogP contribution is -2.09. The van der Waals surface area contributed by atoms with Crippen molar-refractivity contribution in [1.82, 2.24) is 5.32 Å². The van der Waals surface area contributed by atoms with Gasteiger partial charge in [0.25, 0.3) is 0 Å². The first-order valence-electron chi connectivity index (χ1n) is 11.5. The molecule has 1 unspecified atom stereocenters. The number of benzene rings is 3. The molecule has 4 nitrogen and oxygen atoms in total. The number of allylic oxidation sites excluding steroid dienone is 3. The fraction of sp³-hybridized carbons (Fsp3) is 0.200. The van der Waals surface area contributed by atoms with E-state index < -0.39 is 11.9 Å². The summed E-state index contributed by atoms with van der Waals surface area (Å²) in [4.78, 5) is 20.6. The number of aryl methyl sites for hydroxylation is 3. The van der Waals surface area contributed by atoms with Crippen molar-refractivity contribution in [2.75, 3.05) is 0 Å². The lowest BCUT2D eigenvalue weighted by atomic mass is 9.93. The van der Waals surface area contributed by atoms with Gasteiger partial charge >= 0.3 is 5.97 Å². The molecule has 0 spiro atoms. The molecule has 3 aromatic rings. The molecule has 0 aromatic heterocycles. The Kier molecular flexibility index (Phi) is 10.0. The Labute approximate surface area is 202 Å². The second kappa shape index (κ2) is 12.9. The van der Waals surface area contributed by atoms with E-state index in [4.69, 9.17) is 5.11 Å². The van der Waals surface area contributed by atoms with E-state index in [2.05, 4.69) is 80.7 Å². The standard InChI is InChI=1S/C19H18.C9H9NO3.C2H6/c1-13-8-10-17(15(3)11-13)18-6-4-5-16-9-7-14(2)12-19(16)18;11-6-10-8-3-1-2-7(4-5-8)9(12)13;1-2/h4-12H,1-3H3;1-7H,(H,10,11)(H,12,13);1-2H3. The van der Waals surface area contributed by atoms with Crippen LogP contribution in [-0.4, -0.2) is 17.5 Å². The van der Waals surface area contributed by atoms with Crippen LogP contribution in [0.3, 0.4) is 0 Å². The maximum atomic E-state index is 10.6. The van der Waals surface area contributed by atoms with E-state index in [9.17, 15) is 9.59 Å². The van der Waals surface area contributed by atoms with Crippen molar-refractivity contribution in [2.45, 2.75) is 34.6 Å². The summed E-state index contributed by atoms with van der Waals surface area (Å²) in [5.41, 5.74) is 7.21. The molecule has 3 aromatic carbocycles. The SMILES string of the molecule is CC.Cc1ccc(-c2cccc3ccc(C)cc23)c(C)c1.O=CNC1=CC=CC(C(=O)O)C=C1. The number of hydrogen-bond acceptors (Lipinski definition) is 2. The summed E-state index contributed by atoms with van der Waals surface area (Å²) in [6.45, 7) is 10.5. The molecule has 1 atom stereocenters. The van der Waals surface area contributed by atoms with E-state index in [1.54, 1.807) is 18.2 Å². The van der Waals surface area contributed by atoms with Crippen LogP contribution in [0, 0.1) is 26.7 Å². The normalized spacial score (nSPS) is 14.0. The van der Waals surface area contributed by atoms with E-state index in [0.29, 0.717) is 12.1 Å². The topological polar surface area (TPSA) is 66.4 Å². The largest absolute Gasteiger partial charge is 0.481 e. The highest BCUT2D eigenvalue weighted by molar-refractivity contribution is 5.97. The summed E-state index contributed by atoms with van der Waals surface area (Å²) in [5.74, 6) is -1.53. The molecule has 0 radical (unpaired) electrons. The van der Waals surface area contributed by atoms with Crippen LogP contribution in [0.2, 0.25) is 0 Å². The van der Waals surface area contributed by atoms with Crippen LogP contribution >= 0.6 is 0 Å². The zero-order chi connectivity index (χ0) is 25.1. The lowest BCUT2D eigenvalue weighted by molar-refractivity contribution is -0.138. The van der Waals surface area contributed by atoms with Crippen LogP contribution in [0.25, 0.3) is 21.9 Å². The number of amides is 1. The number of carboxylic acid groups (broad SMARTS) is 1. The molecule has 0 fully saturated rings. The maximum Gasteiger partial charge on any atom is 0.314 e. The minimum Gasteiger partial charge on any atom is -0.481 e. The molecule has 1 amide bonds. The van der Waals surface area contributed by atoms with Gasteiger partial charge in [-0.25, -0.2) is 0 Å². The molecule has 4 rings (SSSR count). The average molecular weight is 456 g/mol. The van der Waals surface area contributed by atoms with E-state index in [1.165, 1.54) is 50.7 Å². The van der Waals surface area contributed by atoms with E-state index in [-0.39, 0.29) is 0 Å². The number of fused-ring (bicyclic) bond motifs is 1. The van der Waals surface area contributed by atoms with Gasteiger partial charge in [0.1, 0.15) is 0 Å². The number of hydrogen-bond donors (Lipinski definition) is 2. The molecule has 0 saturated carbocycles. The number of carbonyl (C=O) groups is 2. The smallest absolute Gasteiger partial charge is 0.314 e. The highest BCUT2D eigenvalue weighted by Gasteiger charge is 2.10. The van der Waals surface area contributed by atoms with Crippen LogP contribution in [0.5, 0.6) is 0 Å². The van der Waals surface area contributed by atoms with Crippen LogP contribution in [-0.2, 0) is 9.59 Å². The van der Waals surface area contributed by atoms with Gasteiger partial charge in [-0.2, -0.15) is 0 Å². The summed E-state index contributed by atoms with van der Waals surface area (Å²) in [5, 5.41) is 13.7. The number of carbonyl (C=O) groups excluding carboxylic acids is 1. The van der Waals surface area contributed by atoms with Crippen molar-refractivity contribution >= 4 is 23.2 Å². The highest BCUT2D eigenvalue weighted by atomic mass is 16.4. The Bertz CT molecular complexity index is 1240. The van der Waals surface area contributed by atoms with Crippen LogP contribution in [0.1, 0.15) is 30.5 Å². The fourth-order valence-electron chi connectivity index (χ4n) is 3.67. The van der Waals surface area contributed by atoms with Gasteiger partial charge in [0.05, 0.1) is 5.92 Å². The molecular formula is C30H33NO3. The van der Waals surface area contributed by atoms with Crippen molar-refractivity contribution in [1.29, 1.82) is 0 Å². The van der Waals surface area contributed by atoms with Gasteiger partial charge in [-0.3, -0.25) is 9.59 Å². The average Bonchev–Trinajstić information content (AvgIpc) is 3.07. The Morgan fingerprint density at radius 1 is 0.912 bits per heavy atom. The van der Waals surface area contributed by atoms with E-state index >= 15 is 0 Å². The van der Waals surface area contributed by atoms with Crippen molar-refractivity contribution in [2.24, 2.45) is 5.92 Å².